The quantitative estimate of drug-likeness (QED) is 0.594. The first-order valence-electron chi connectivity index (χ1n) is 7.54. The number of hydrogen-bond acceptors (Lipinski definition) is 4. The first-order valence-corrected chi connectivity index (χ1v) is 7.54. The number of ketones is 1. The minimum absolute atomic E-state index is 0.0464. The summed E-state index contributed by atoms with van der Waals surface area (Å²) in [6, 6.07) is 0. The Bertz CT molecular complexity index is 277. The highest BCUT2D eigenvalue weighted by molar-refractivity contribution is 5.80. The number of hydrogen-bond donors (Lipinski definition) is 3. The maximum Gasteiger partial charge on any atom is 0.300 e. The second-order valence-electron chi connectivity index (χ2n) is 4.29. The molecule has 0 fully saturated rings. The highest BCUT2D eigenvalue weighted by Gasteiger charge is 2.09. The molecule has 0 aliphatic heterocycles. The topological polar surface area (TPSA) is 109 Å². The van der Waals surface area contributed by atoms with Crippen LogP contribution in [-0.4, -0.2) is 35.9 Å². The van der Waals surface area contributed by atoms with E-state index in [1.807, 2.05) is 27.7 Å². The fourth-order valence-electron chi connectivity index (χ4n) is 1.38. The van der Waals surface area contributed by atoms with Crippen molar-refractivity contribution in [2.75, 3.05) is 13.1 Å². The van der Waals surface area contributed by atoms with Gasteiger partial charge >= 0.3 is 0 Å². The van der Waals surface area contributed by atoms with Crippen LogP contribution in [0.5, 0.6) is 0 Å². The molecule has 21 heavy (non-hydrogen) atoms. The summed E-state index contributed by atoms with van der Waals surface area (Å²) < 4.78 is 0. The molecule has 0 aliphatic rings. The second-order valence-corrected chi connectivity index (χ2v) is 4.29. The summed E-state index contributed by atoms with van der Waals surface area (Å²) in [6.07, 6.45) is 3.40. The first-order chi connectivity index (χ1) is 9.84. The van der Waals surface area contributed by atoms with Gasteiger partial charge in [0.15, 0.2) is 0 Å². The van der Waals surface area contributed by atoms with Crippen molar-refractivity contribution in [1.29, 1.82) is 0 Å². The molecule has 0 rings (SSSR count). The van der Waals surface area contributed by atoms with E-state index in [1.165, 1.54) is 0 Å². The second kappa shape index (κ2) is 18.6. The Hall–Kier alpha value is -1.43. The maximum absolute atomic E-state index is 11.2. The number of unbranched alkanes of at least 4 members (excludes halogenated alkanes) is 1. The van der Waals surface area contributed by atoms with Crippen LogP contribution in [0.3, 0.4) is 0 Å². The molecule has 0 aromatic carbocycles. The van der Waals surface area contributed by atoms with Gasteiger partial charge < -0.3 is 16.2 Å². The van der Waals surface area contributed by atoms with Crippen molar-refractivity contribution in [1.82, 2.24) is 5.32 Å². The van der Waals surface area contributed by atoms with Gasteiger partial charge in [0.25, 0.3) is 5.97 Å². The number of nitrogens with two attached hydrogens (primary N) is 1. The van der Waals surface area contributed by atoms with E-state index in [1.54, 1.807) is 0 Å². The number of carboxylic acids is 1. The first kappa shape index (κ1) is 24.6. The fourth-order valence-corrected chi connectivity index (χ4v) is 1.38. The lowest BCUT2D eigenvalue weighted by Crippen LogP contribution is -2.30. The smallest absolute Gasteiger partial charge is 0.300 e. The molecule has 6 heteroatoms. The molecule has 0 heterocycles. The van der Waals surface area contributed by atoms with Gasteiger partial charge in [-0.25, -0.2) is 0 Å². The van der Waals surface area contributed by atoms with Crippen LogP contribution in [0.2, 0.25) is 0 Å². The Kier molecular flexibility index (Phi) is 21.7. The van der Waals surface area contributed by atoms with E-state index in [0.717, 1.165) is 26.2 Å². The summed E-state index contributed by atoms with van der Waals surface area (Å²) in [5.41, 5.74) is 5.14. The van der Waals surface area contributed by atoms with Gasteiger partial charge in [0.05, 0.1) is 6.54 Å². The van der Waals surface area contributed by atoms with Crippen LogP contribution in [0.4, 0.5) is 0 Å². The minimum atomic E-state index is -0.833. The van der Waals surface area contributed by atoms with Crippen LogP contribution in [0, 0.1) is 5.92 Å². The standard InChI is InChI=1S/C11H22N2O2.C2H4O2.C2H6/c1-3-10(14)9(2)6-4-5-7-13-11(15)8-12;1-2(3)4;1-2/h9H,3-8,12H2,1-2H3,(H,13,15);1H3,(H,3,4);1-2H3. The van der Waals surface area contributed by atoms with E-state index in [4.69, 9.17) is 15.6 Å². The highest BCUT2D eigenvalue weighted by atomic mass is 16.4. The molecule has 0 radical (unpaired) electrons. The lowest BCUT2D eigenvalue weighted by Gasteiger charge is -2.08. The van der Waals surface area contributed by atoms with Gasteiger partial charge in [0.1, 0.15) is 5.78 Å². The average Bonchev–Trinajstić information content (AvgIpc) is 2.46. The van der Waals surface area contributed by atoms with Crippen LogP contribution in [-0.2, 0) is 14.4 Å². The Morgan fingerprint density at radius 3 is 2.05 bits per heavy atom. The van der Waals surface area contributed by atoms with Crippen molar-refractivity contribution in [2.45, 2.75) is 60.3 Å². The van der Waals surface area contributed by atoms with E-state index in [9.17, 15) is 9.59 Å². The molecule has 0 spiro atoms. The zero-order valence-electron chi connectivity index (χ0n) is 14.1. The van der Waals surface area contributed by atoms with E-state index in [0.29, 0.717) is 18.7 Å². The van der Waals surface area contributed by atoms with Gasteiger partial charge in [-0.15, -0.1) is 0 Å². The third-order valence-electron chi connectivity index (χ3n) is 2.47. The van der Waals surface area contributed by atoms with Gasteiger partial charge in [-0.1, -0.05) is 34.1 Å². The van der Waals surface area contributed by atoms with E-state index >= 15 is 0 Å². The van der Waals surface area contributed by atoms with Crippen LogP contribution >= 0.6 is 0 Å². The Balaban J connectivity index is -0.000000461. The summed E-state index contributed by atoms with van der Waals surface area (Å²) in [4.78, 5) is 31.0. The van der Waals surface area contributed by atoms with E-state index in [-0.39, 0.29) is 18.4 Å². The molecule has 0 saturated heterocycles. The lowest BCUT2D eigenvalue weighted by molar-refractivity contribution is -0.134. The molecule has 1 amide bonds. The van der Waals surface area contributed by atoms with Crippen molar-refractivity contribution in [2.24, 2.45) is 11.7 Å². The van der Waals surface area contributed by atoms with E-state index in [2.05, 4.69) is 5.32 Å². The number of carbonyl (C=O) groups is 3. The molecular weight excluding hydrogens is 272 g/mol. The van der Waals surface area contributed by atoms with Crippen molar-refractivity contribution < 1.29 is 19.5 Å². The highest BCUT2D eigenvalue weighted by Crippen LogP contribution is 2.10. The van der Waals surface area contributed by atoms with Gasteiger partial charge in [0.2, 0.25) is 5.91 Å². The number of carbonyl (C=O) groups excluding carboxylic acids is 2. The Morgan fingerprint density at radius 1 is 1.19 bits per heavy atom. The van der Waals surface area contributed by atoms with Crippen molar-refractivity contribution in [3.8, 4) is 0 Å². The SMILES string of the molecule is CC.CC(=O)O.CCC(=O)C(C)CCCCNC(=O)CN. The molecular formula is C15H32N2O4. The molecule has 0 saturated carbocycles. The molecule has 1 unspecified atom stereocenters. The predicted octanol–water partition coefficient (Wildman–Crippen LogP) is 1.96. The fraction of sp³-hybridized carbons (Fsp3) is 0.800. The third kappa shape index (κ3) is 24.0. The van der Waals surface area contributed by atoms with Crippen LogP contribution in [0.25, 0.3) is 0 Å². The molecule has 6 nitrogen and oxygen atoms in total. The van der Waals surface area contributed by atoms with Gasteiger partial charge in [-0.05, 0) is 12.8 Å². The summed E-state index contributed by atoms with van der Waals surface area (Å²) in [7, 11) is 0. The van der Waals surface area contributed by atoms with Gasteiger partial charge in [-0.2, -0.15) is 0 Å². The molecule has 0 aromatic rings. The summed E-state index contributed by atoms with van der Waals surface area (Å²) in [6.45, 7) is 9.64. The number of amides is 1. The summed E-state index contributed by atoms with van der Waals surface area (Å²) in [5.74, 6) is -0.478. The minimum Gasteiger partial charge on any atom is -0.481 e. The number of aliphatic carboxylic acids is 1. The van der Waals surface area contributed by atoms with Crippen molar-refractivity contribution in [3.05, 3.63) is 0 Å². The van der Waals surface area contributed by atoms with Crippen LogP contribution in [0.15, 0.2) is 0 Å². The Morgan fingerprint density at radius 2 is 1.67 bits per heavy atom. The monoisotopic (exact) mass is 304 g/mol. The van der Waals surface area contributed by atoms with E-state index < -0.39 is 5.97 Å². The lowest BCUT2D eigenvalue weighted by atomic mass is 9.98. The van der Waals surface area contributed by atoms with Crippen molar-refractivity contribution >= 4 is 17.7 Å². The molecule has 1 atom stereocenters. The predicted molar refractivity (Wildman–Crippen MR) is 85.0 cm³/mol. The average molecular weight is 304 g/mol. The maximum atomic E-state index is 11.2. The summed E-state index contributed by atoms with van der Waals surface area (Å²) >= 11 is 0. The molecule has 0 bridgehead atoms. The van der Waals surface area contributed by atoms with Gasteiger partial charge in [-0.3, -0.25) is 14.4 Å². The zero-order chi connectivity index (χ0) is 17.3. The molecule has 126 valence electrons. The van der Waals surface area contributed by atoms with Crippen molar-refractivity contribution in [3.63, 3.8) is 0 Å². The molecule has 0 aromatic heterocycles. The number of carboxylic acid groups (broad SMARTS) is 1. The molecule has 4 N–H and O–H groups in total. The van der Waals surface area contributed by atoms with Crippen LogP contribution < -0.4 is 11.1 Å². The molecule has 0 aliphatic carbocycles. The zero-order valence-corrected chi connectivity index (χ0v) is 14.1. The number of nitrogens with one attached hydrogen (secondary N) is 1. The largest absolute Gasteiger partial charge is 0.481 e. The summed E-state index contributed by atoms with van der Waals surface area (Å²) in [5, 5.41) is 10.1. The number of rotatable bonds is 8. The van der Waals surface area contributed by atoms with Gasteiger partial charge in [0, 0.05) is 25.8 Å². The third-order valence-corrected chi connectivity index (χ3v) is 2.47. The Labute approximate surface area is 128 Å². The van der Waals surface area contributed by atoms with Crippen LogP contribution in [0.1, 0.15) is 60.3 Å². The normalized spacial score (nSPS) is 10.2. The number of Topliss-reactive ketones (excluding diaryl/α,β-unsaturated/α-hetero) is 1.